The van der Waals surface area contributed by atoms with Crippen LogP contribution in [0.1, 0.15) is 370 Å². The third-order valence-electron chi connectivity index (χ3n) is 17.1. The molecule has 3 unspecified atom stereocenters. The molecule has 0 bridgehead atoms. The van der Waals surface area contributed by atoms with Crippen molar-refractivity contribution in [3.05, 3.63) is 0 Å². The molecule has 0 aromatic rings. The number of carbonyl (C=O) groups is 4. The minimum Gasteiger partial charge on any atom is -0.462 e. The molecular formula is C74H144O17P2. The van der Waals surface area contributed by atoms with Gasteiger partial charge in [0, 0.05) is 25.7 Å². The van der Waals surface area contributed by atoms with Gasteiger partial charge in [-0.15, -0.1) is 0 Å². The first-order valence-electron chi connectivity index (χ1n) is 38.2. The van der Waals surface area contributed by atoms with Crippen LogP contribution in [0.2, 0.25) is 0 Å². The smallest absolute Gasteiger partial charge is 0.462 e. The van der Waals surface area contributed by atoms with Crippen LogP contribution >= 0.6 is 15.6 Å². The number of ether oxygens (including phenoxy) is 4. The number of unbranched alkanes of at least 4 members (excludes halogenated alkanes) is 37. The number of aliphatic hydroxyl groups is 1. The highest BCUT2D eigenvalue weighted by atomic mass is 31.2. The molecule has 0 radical (unpaired) electrons. The molecule has 3 N–H and O–H groups in total. The van der Waals surface area contributed by atoms with Crippen molar-refractivity contribution in [2.75, 3.05) is 39.6 Å². The van der Waals surface area contributed by atoms with Crippen LogP contribution in [-0.4, -0.2) is 96.7 Å². The van der Waals surface area contributed by atoms with Gasteiger partial charge in [0.2, 0.25) is 0 Å². The first-order valence-corrected chi connectivity index (χ1v) is 41.2. The molecule has 552 valence electrons. The summed E-state index contributed by atoms with van der Waals surface area (Å²) in [5.74, 6) is 0.825. The Morgan fingerprint density at radius 3 is 0.667 bits per heavy atom. The lowest BCUT2D eigenvalue weighted by Gasteiger charge is -2.21. The Morgan fingerprint density at radius 1 is 0.269 bits per heavy atom. The zero-order valence-corrected chi connectivity index (χ0v) is 62.7. The molecule has 0 spiro atoms. The summed E-state index contributed by atoms with van der Waals surface area (Å²) in [6, 6.07) is 0. The van der Waals surface area contributed by atoms with Gasteiger partial charge in [-0.2, -0.15) is 0 Å². The third-order valence-corrected chi connectivity index (χ3v) is 19.0. The van der Waals surface area contributed by atoms with Crippen molar-refractivity contribution < 1.29 is 80.2 Å². The predicted molar refractivity (Wildman–Crippen MR) is 377 cm³/mol. The average Bonchev–Trinajstić information content (AvgIpc) is 2.30. The van der Waals surface area contributed by atoms with E-state index >= 15 is 0 Å². The lowest BCUT2D eigenvalue weighted by molar-refractivity contribution is -0.161. The van der Waals surface area contributed by atoms with E-state index in [4.69, 9.17) is 37.0 Å². The molecule has 0 saturated heterocycles. The first-order chi connectivity index (χ1) is 44.6. The minimum atomic E-state index is -4.95. The number of rotatable bonds is 71. The summed E-state index contributed by atoms with van der Waals surface area (Å²) in [6.07, 6.45) is 47.6. The van der Waals surface area contributed by atoms with E-state index in [9.17, 15) is 43.2 Å². The predicted octanol–water partition coefficient (Wildman–Crippen LogP) is 21.3. The first kappa shape index (κ1) is 91.1. The van der Waals surface area contributed by atoms with Crippen molar-refractivity contribution in [2.45, 2.75) is 388 Å². The summed E-state index contributed by atoms with van der Waals surface area (Å²) in [5, 5.41) is 10.6. The van der Waals surface area contributed by atoms with E-state index in [1.807, 2.05) is 0 Å². The van der Waals surface area contributed by atoms with Crippen LogP contribution in [0.15, 0.2) is 0 Å². The van der Waals surface area contributed by atoms with Gasteiger partial charge in [-0.25, -0.2) is 9.13 Å². The molecule has 0 fully saturated rings. The van der Waals surface area contributed by atoms with Crippen LogP contribution in [0.4, 0.5) is 0 Å². The maximum absolute atomic E-state index is 13.0. The van der Waals surface area contributed by atoms with E-state index in [1.54, 1.807) is 0 Å². The average molecular weight is 1370 g/mol. The van der Waals surface area contributed by atoms with Crippen LogP contribution in [0.3, 0.4) is 0 Å². The topological polar surface area (TPSA) is 237 Å². The van der Waals surface area contributed by atoms with Crippen molar-refractivity contribution in [1.82, 2.24) is 0 Å². The Balaban J connectivity index is 5.15. The highest BCUT2D eigenvalue weighted by Crippen LogP contribution is 2.45. The molecule has 0 amide bonds. The molecule has 19 heteroatoms. The fourth-order valence-electron chi connectivity index (χ4n) is 11.2. The summed E-state index contributed by atoms with van der Waals surface area (Å²) >= 11 is 0. The molecule has 0 aromatic heterocycles. The molecule has 0 saturated carbocycles. The van der Waals surface area contributed by atoms with Gasteiger partial charge >= 0.3 is 39.5 Å². The monoisotopic (exact) mass is 1370 g/mol. The molecular weight excluding hydrogens is 1220 g/mol. The largest absolute Gasteiger partial charge is 0.472 e. The maximum Gasteiger partial charge on any atom is 0.472 e. The summed E-state index contributed by atoms with van der Waals surface area (Å²) in [7, 11) is -9.90. The van der Waals surface area contributed by atoms with Gasteiger partial charge in [-0.1, -0.05) is 319 Å². The molecule has 0 heterocycles. The molecule has 0 aliphatic carbocycles. The number of hydrogen-bond donors (Lipinski definition) is 3. The van der Waals surface area contributed by atoms with Crippen LogP contribution in [-0.2, 0) is 65.4 Å². The van der Waals surface area contributed by atoms with Gasteiger partial charge in [0.25, 0.3) is 0 Å². The summed E-state index contributed by atoms with van der Waals surface area (Å²) < 4.78 is 68.3. The van der Waals surface area contributed by atoms with E-state index in [1.165, 1.54) is 173 Å². The van der Waals surface area contributed by atoms with Gasteiger partial charge in [0.05, 0.1) is 26.4 Å². The van der Waals surface area contributed by atoms with E-state index in [2.05, 4.69) is 55.4 Å². The lowest BCUT2D eigenvalue weighted by atomic mass is 10.0. The van der Waals surface area contributed by atoms with Crippen molar-refractivity contribution in [1.29, 1.82) is 0 Å². The molecule has 93 heavy (non-hydrogen) atoms. The molecule has 0 aromatic carbocycles. The van der Waals surface area contributed by atoms with Crippen molar-refractivity contribution in [3.8, 4) is 0 Å². The Kier molecular flexibility index (Phi) is 62.2. The van der Waals surface area contributed by atoms with Crippen molar-refractivity contribution in [3.63, 3.8) is 0 Å². The van der Waals surface area contributed by atoms with Crippen molar-refractivity contribution in [2.24, 2.45) is 23.7 Å². The van der Waals surface area contributed by atoms with E-state index < -0.39 is 97.5 Å². The highest BCUT2D eigenvalue weighted by molar-refractivity contribution is 7.47. The highest BCUT2D eigenvalue weighted by Gasteiger charge is 2.30. The summed E-state index contributed by atoms with van der Waals surface area (Å²) in [5.41, 5.74) is 0. The summed E-state index contributed by atoms with van der Waals surface area (Å²) in [4.78, 5) is 72.6. The van der Waals surface area contributed by atoms with Gasteiger partial charge in [-0.05, 0) is 49.4 Å². The van der Waals surface area contributed by atoms with Crippen LogP contribution in [0, 0.1) is 23.7 Å². The number of hydrogen-bond acceptors (Lipinski definition) is 15. The van der Waals surface area contributed by atoms with Gasteiger partial charge in [0.15, 0.2) is 12.2 Å². The number of phosphoric ester groups is 2. The molecule has 0 aliphatic heterocycles. The van der Waals surface area contributed by atoms with Gasteiger partial charge in [0.1, 0.15) is 19.3 Å². The van der Waals surface area contributed by atoms with E-state index in [0.717, 1.165) is 108 Å². The maximum atomic E-state index is 13.0. The quantitative estimate of drug-likeness (QED) is 0.0222. The van der Waals surface area contributed by atoms with Crippen LogP contribution < -0.4 is 0 Å². The second-order valence-corrected chi connectivity index (χ2v) is 31.5. The fourth-order valence-corrected chi connectivity index (χ4v) is 12.8. The molecule has 0 rings (SSSR count). The number of aliphatic hydroxyl groups excluding tert-OH is 1. The fraction of sp³-hybridized carbons (Fsp3) is 0.946. The molecule has 5 atom stereocenters. The standard InChI is InChI=1S/C74H144O17P2/c1-64(2)50-42-34-26-20-17-15-13-11-9-10-12-14-16-18-22-29-38-46-54-71(76)84-60-69(90-73(78)56-48-40-31-23-19-21-27-35-43-51-65(3)4)62-88-92(80,81)86-58-68(75)59-87-93(82,83)89-63-70(91-74(79)57-49-41-33-32-37-45-53-67(7)8)61-85-72(77)55-47-39-30-25-24-28-36-44-52-66(5)6/h64-70,75H,9-63H2,1-8H3,(H,80,81)(H,82,83)/t68?,69-,70-/m1/s1. The zero-order valence-electron chi connectivity index (χ0n) is 60.9. The SMILES string of the molecule is CC(C)CCCCCCCCCCCCCCCCCCCCC(=O)OC[C@H](COP(=O)(O)OCC(O)COP(=O)(O)OC[C@@H](COC(=O)CCCCCCCCCCC(C)C)OC(=O)CCCCCCCCC(C)C)OC(=O)CCCCCCCCCCCC(C)C. The second-order valence-electron chi connectivity index (χ2n) is 28.6. The second kappa shape index (κ2) is 63.5. The lowest BCUT2D eigenvalue weighted by Crippen LogP contribution is -2.30. The third kappa shape index (κ3) is 68.4. The number of carbonyl (C=O) groups excluding carboxylic acids is 4. The molecule has 17 nitrogen and oxygen atoms in total. The summed E-state index contributed by atoms with van der Waals surface area (Å²) in [6.45, 7) is 14.1. The van der Waals surface area contributed by atoms with Gasteiger partial charge in [-0.3, -0.25) is 37.3 Å². The van der Waals surface area contributed by atoms with Gasteiger partial charge < -0.3 is 33.8 Å². The van der Waals surface area contributed by atoms with E-state index in [-0.39, 0.29) is 25.7 Å². The Labute approximate surface area is 568 Å². The van der Waals surface area contributed by atoms with E-state index in [0.29, 0.717) is 31.6 Å². The molecule has 0 aliphatic rings. The Morgan fingerprint density at radius 2 is 0.452 bits per heavy atom. The van der Waals surface area contributed by atoms with Crippen LogP contribution in [0.5, 0.6) is 0 Å². The Bertz CT molecular complexity index is 1830. The minimum absolute atomic E-state index is 0.101. The van der Waals surface area contributed by atoms with Crippen LogP contribution in [0.25, 0.3) is 0 Å². The zero-order chi connectivity index (χ0) is 68.9. The van der Waals surface area contributed by atoms with Crippen molar-refractivity contribution >= 4 is 39.5 Å². The Hall–Kier alpha value is -1.94. The normalized spacial score (nSPS) is 14.2. The number of phosphoric acid groups is 2. The number of esters is 4.